The van der Waals surface area contributed by atoms with Crippen LogP contribution in [0.1, 0.15) is 36.5 Å². The Labute approximate surface area is 125 Å². The van der Waals surface area contributed by atoms with Crippen molar-refractivity contribution in [3.63, 3.8) is 0 Å². The van der Waals surface area contributed by atoms with Gasteiger partial charge in [0.1, 0.15) is 0 Å². The highest BCUT2D eigenvalue weighted by Gasteiger charge is 2.07. The molecule has 20 heavy (non-hydrogen) atoms. The topological polar surface area (TPSA) is 35.8 Å². The van der Waals surface area contributed by atoms with Gasteiger partial charge in [-0.05, 0) is 35.2 Å². The average Bonchev–Trinajstić information content (AvgIpc) is 2.46. The quantitative estimate of drug-likeness (QED) is 0.862. The van der Waals surface area contributed by atoms with E-state index in [4.69, 9.17) is 16.9 Å². The minimum absolute atomic E-state index is 0.468. The van der Waals surface area contributed by atoms with Gasteiger partial charge in [0.2, 0.25) is 0 Å². The van der Waals surface area contributed by atoms with Crippen molar-refractivity contribution in [2.45, 2.75) is 26.3 Å². The lowest BCUT2D eigenvalue weighted by Gasteiger charge is -2.15. The van der Waals surface area contributed by atoms with Crippen LogP contribution in [0.3, 0.4) is 0 Å². The summed E-state index contributed by atoms with van der Waals surface area (Å²) in [5.41, 5.74) is 3.99. The number of hydrogen-bond donors (Lipinski definition) is 1. The van der Waals surface area contributed by atoms with E-state index in [0.717, 1.165) is 11.3 Å². The van der Waals surface area contributed by atoms with Crippen molar-refractivity contribution < 1.29 is 0 Å². The van der Waals surface area contributed by atoms with E-state index in [1.165, 1.54) is 5.56 Å². The molecule has 2 nitrogen and oxygen atoms in total. The number of hydrogen-bond acceptors (Lipinski definition) is 2. The Morgan fingerprint density at radius 3 is 2.60 bits per heavy atom. The van der Waals surface area contributed by atoms with Crippen molar-refractivity contribution >= 4 is 17.3 Å². The van der Waals surface area contributed by atoms with Crippen molar-refractivity contribution in [3.05, 3.63) is 64.2 Å². The highest BCUT2D eigenvalue weighted by molar-refractivity contribution is 6.31. The molecule has 2 rings (SSSR count). The minimum atomic E-state index is 0.468. The van der Waals surface area contributed by atoms with E-state index in [-0.39, 0.29) is 0 Å². The fraction of sp³-hybridized carbons (Fsp3) is 0.235. The highest BCUT2D eigenvalue weighted by atomic mass is 35.5. The lowest BCUT2D eigenvalue weighted by atomic mass is 10.0. The number of benzene rings is 2. The van der Waals surface area contributed by atoms with Gasteiger partial charge < -0.3 is 5.32 Å². The molecule has 1 N–H and O–H groups in total. The molecule has 2 aromatic rings. The smallest absolute Gasteiger partial charge is 0.0992 e. The fourth-order valence-corrected chi connectivity index (χ4v) is 2.36. The van der Waals surface area contributed by atoms with Crippen LogP contribution in [0.5, 0.6) is 0 Å². The van der Waals surface area contributed by atoms with Crippen molar-refractivity contribution in [3.8, 4) is 6.07 Å². The van der Waals surface area contributed by atoms with Gasteiger partial charge in [0.05, 0.1) is 11.6 Å². The zero-order valence-corrected chi connectivity index (χ0v) is 12.4. The normalized spacial score (nSPS) is 10.3. The van der Waals surface area contributed by atoms with Gasteiger partial charge in [-0.1, -0.05) is 49.7 Å². The van der Waals surface area contributed by atoms with Gasteiger partial charge in [-0.15, -0.1) is 0 Å². The van der Waals surface area contributed by atoms with Gasteiger partial charge in [0.15, 0.2) is 0 Å². The van der Waals surface area contributed by atoms with E-state index in [1.54, 1.807) is 12.1 Å². The molecule has 102 valence electrons. The SMILES string of the molecule is CC(C)c1ccccc1NCc1ccc(C#N)cc1Cl. The third kappa shape index (κ3) is 3.31. The van der Waals surface area contributed by atoms with E-state index in [0.29, 0.717) is 23.0 Å². The molecule has 0 atom stereocenters. The maximum Gasteiger partial charge on any atom is 0.0992 e. The first-order chi connectivity index (χ1) is 9.61. The van der Waals surface area contributed by atoms with Gasteiger partial charge in [-0.3, -0.25) is 0 Å². The van der Waals surface area contributed by atoms with Crippen LogP contribution in [0.2, 0.25) is 5.02 Å². The van der Waals surface area contributed by atoms with E-state index >= 15 is 0 Å². The maximum absolute atomic E-state index is 8.83. The first-order valence-corrected chi connectivity index (χ1v) is 7.01. The molecule has 2 aromatic carbocycles. The van der Waals surface area contributed by atoms with Crippen LogP contribution in [0.4, 0.5) is 5.69 Å². The molecule has 3 heteroatoms. The summed E-state index contributed by atoms with van der Waals surface area (Å²) >= 11 is 6.19. The summed E-state index contributed by atoms with van der Waals surface area (Å²) in [6, 6.07) is 15.8. The van der Waals surface area contributed by atoms with Crippen molar-refractivity contribution in [2.24, 2.45) is 0 Å². The number of nitrogens with one attached hydrogen (secondary N) is 1. The molecule has 0 saturated carbocycles. The molecular formula is C17H17ClN2. The Hall–Kier alpha value is -1.98. The lowest BCUT2D eigenvalue weighted by Crippen LogP contribution is -2.04. The van der Waals surface area contributed by atoms with E-state index in [1.807, 2.05) is 12.1 Å². The molecule has 0 fully saturated rings. The second kappa shape index (κ2) is 6.45. The van der Waals surface area contributed by atoms with Crippen LogP contribution < -0.4 is 5.32 Å². The van der Waals surface area contributed by atoms with Gasteiger partial charge in [-0.2, -0.15) is 5.26 Å². The Balaban J connectivity index is 2.15. The standard InChI is InChI=1S/C17H17ClN2/c1-12(2)15-5-3-4-6-17(15)20-11-14-8-7-13(10-19)9-16(14)18/h3-9,12,20H,11H2,1-2H3. The first-order valence-electron chi connectivity index (χ1n) is 6.63. The summed E-state index contributed by atoms with van der Waals surface area (Å²) in [5, 5.41) is 12.9. The van der Waals surface area contributed by atoms with Crippen LogP contribution in [0.15, 0.2) is 42.5 Å². The van der Waals surface area contributed by atoms with Gasteiger partial charge in [0, 0.05) is 17.3 Å². The summed E-state index contributed by atoms with van der Waals surface area (Å²) in [4.78, 5) is 0. The first kappa shape index (κ1) is 14.4. The number of nitriles is 1. The van der Waals surface area contributed by atoms with E-state index in [2.05, 4.69) is 43.4 Å². The summed E-state index contributed by atoms with van der Waals surface area (Å²) in [6.07, 6.45) is 0. The number of anilines is 1. The van der Waals surface area contributed by atoms with Crippen molar-refractivity contribution in [2.75, 3.05) is 5.32 Å². The van der Waals surface area contributed by atoms with Crippen LogP contribution in [0.25, 0.3) is 0 Å². The van der Waals surface area contributed by atoms with E-state index in [9.17, 15) is 0 Å². The number of halogens is 1. The van der Waals surface area contributed by atoms with Gasteiger partial charge in [-0.25, -0.2) is 0 Å². The molecule has 0 spiro atoms. The predicted molar refractivity (Wildman–Crippen MR) is 84.0 cm³/mol. The number of rotatable bonds is 4. The summed E-state index contributed by atoms with van der Waals surface area (Å²) < 4.78 is 0. The fourth-order valence-electron chi connectivity index (χ4n) is 2.11. The third-order valence-electron chi connectivity index (χ3n) is 3.23. The van der Waals surface area contributed by atoms with E-state index < -0.39 is 0 Å². The van der Waals surface area contributed by atoms with Crippen LogP contribution in [-0.2, 0) is 6.54 Å². The van der Waals surface area contributed by atoms with Crippen molar-refractivity contribution in [1.29, 1.82) is 5.26 Å². The van der Waals surface area contributed by atoms with Crippen molar-refractivity contribution in [1.82, 2.24) is 0 Å². The second-order valence-corrected chi connectivity index (χ2v) is 5.42. The molecule has 0 aliphatic rings. The predicted octanol–water partition coefficient (Wildman–Crippen LogP) is 4.95. The van der Waals surface area contributed by atoms with Crippen LogP contribution in [-0.4, -0.2) is 0 Å². The Morgan fingerprint density at radius 2 is 1.95 bits per heavy atom. The summed E-state index contributed by atoms with van der Waals surface area (Å²) in [5.74, 6) is 0.468. The molecule has 0 aliphatic heterocycles. The second-order valence-electron chi connectivity index (χ2n) is 5.01. The van der Waals surface area contributed by atoms with Gasteiger partial charge in [0.25, 0.3) is 0 Å². The molecule has 0 unspecified atom stereocenters. The Bertz CT molecular complexity index is 642. The molecule has 0 bridgehead atoms. The zero-order chi connectivity index (χ0) is 14.5. The average molecular weight is 285 g/mol. The van der Waals surface area contributed by atoms with Crippen LogP contribution >= 0.6 is 11.6 Å². The number of nitrogens with zero attached hydrogens (tertiary/aromatic N) is 1. The monoisotopic (exact) mass is 284 g/mol. The Kier molecular flexibility index (Phi) is 4.65. The largest absolute Gasteiger partial charge is 0.381 e. The maximum atomic E-state index is 8.83. The lowest BCUT2D eigenvalue weighted by molar-refractivity contribution is 0.865. The molecular weight excluding hydrogens is 268 g/mol. The molecule has 0 radical (unpaired) electrons. The molecule has 0 aliphatic carbocycles. The zero-order valence-electron chi connectivity index (χ0n) is 11.7. The summed E-state index contributed by atoms with van der Waals surface area (Å²) in [6.45, 7) is 5.00. The molecule has 0 aromatic heterocycles. The minimum Gasteiger partial charge on any atom is -0.381 e. The third-order valence-corrected chi connectivity index (χ3v) is 3.59. The number of para-hydroxylation sites is 1. The Morgan fingerprint density at radius 1 is 1.20 bits per heavy atom. The van der Waals surface area contributed by atoms with Gasteiger partial charge >= 0.3 is 0 Å². The van der Waals surface area contributed by atoms with Crippen LogP contribution in [0, 0.1) is 11.3 Å². The highest BCUT2D eigenvalue weighted by Crippen LogP contribution is 2.25. The molecule has 0 heterocycles. The molecule has 0 saturated heterocycles. The molecule has 0 amide bonds. The summed E-state index contributed by atoms with van der Waals surface area (Å²) in [7, 11) is 0.